The van der Waals surface area contributed by atoms with Crippen LogP contribution in [0.5, 0.6) is 0 Å². The van der Waals surface area contributed by atoms with Crippen molar-refractivity contribution in [2.75, 3.05) is 19.6 Å². The molecule has 0 aromatic carbocycles. The zero-order valence-corrected chi connectivity index (χ0v) is 12.3. The van der Waals surface area contributed by atoms with Gasteiger partial charge in [0.2, 0.25) is 0 Å². The Morgan fingerprint density at radius 3 is 2.78 bits per heavy atom. The molecule has 0 spiro atoms. The normalized spacial score (nSPS) is 11.7. The van der Waals surface area contributed by atoms with E-state index in [2.05, 4.69) is 11.2 Å². The van der Waals surface area contributed by atoms with Crippen molar-refractivity contribution in [3.63, 3.8) is 0 Å². The van der Waals surface area contributed by atoms with E-state index < -0.39 is 10.0 Å². The van der Waals surface area contributed by atoms with Crippen LogP contribution in [0.15, 0.2) is 15.7 Å². The standard InChI is InChI=1S/C12H18N2O2S2/c1-4-7-14(6-3)18(15,16)12-8-11(10-17-12)9-13-5-2/h1,8,10,13H,5-7,9H2,2-3H3. The minimum Gasteiger partial charge on any atom is -0.313 e. The molecule has 0 saturated heterocycles. The van der Waals surface area contributed by atoms with E-state index in [-0.39, 0.29) is 6.54 Å². The molecule has 1 rings (SSSR count). The molecule has 0 amide bonds. The average Bonchev–Trinajstić information content (AvgIpc) is 2.82. The molecule has 0 saturated carbocycles. The number of nitrogens with zero attached hydrogens (tertiary/aromatic N) is 1. The number of terminal acetylenes is 1. The smallest absolute Gasteiger partial charge is 0.253 e. The predicted octanol–water partition coefficient (Wildman–Crippen LogP) is 1.50. The van der Waals surface area contributed by atoms with E-state index in [1.807, 2.05) is 12.3 Å². The quantitative estimate of drug-likeness (QED) is 0.773. The first-order valence-electron chi connectivity index (χ1n) is 5.78. The molecular weight excluding hydrogens is 268 g/mol. The van der Waals surface area contributed by atoms with Crippen LogP contribution in [0.4, 0.5) is 0 Å². The molecule has 0 bridgehead atoms. The van der Waals surface area contributed by atoms with Gasteiger partial charge in [0.25, 0.3) is 10.0 Å². The van der Waals surface area contributed by atoms with E-state index in [1.54, 1.807) is 13.0 Å². The van der Waals surface area contributed by atoms with Crippen molar-refractivity contribution in [1.29, 1.82) is 0 Å². The summed E-state index contributed by atoms with van der Waals surface area (Å²) in [6.45, 7) is 5.82. The number of nitrogens with one attached hydrogen (secondary N) is 1. The highest BCUT2D eigenvalue weighted by Crippen LogP contribution is 2.23. The Morgan fingerprint density at radius 1 is 1.50 bits per heavy atom. The van der Waals surface area contributed by atoms with Gasteiger partial charge in [0.05, 0.1) is 6.54 Å². The van der Waals surface area contributed by atoms with Gasteiger partial charge in [-0.15, -0.1) is 17.8 Å². The largest absolute Gasteiger partial charge is 0.313 e. The number of thiophene rings is 1. The highest BCUT2D eigenvalue weighted by atomic mass is 32.2. The lowest BCUT2D eigenvalue weighted by Gasteiger charge is -2.16. The maximum atomic E-state index is 12.3. The molecule has 0 aliphatic rings. The van der Waals surface area contributed by atoms with E-state index in [0.29, 0.717) is 17.3 Å². The Labute approximate surface area is 113 Å². The second kappa shape index (κ2) is 6.90. The van der Waals surface area contributed by atoms with Crippen LogP contribution in [0.1, 0.15) is 19.4 Å². The third-order valence-electron chi connectivity index (χ3n) is 2.42. The van der Waals surface area contributed by atoms with Crippen LogP contribution in [-0.2, 0) is 16.6 Å². The van der Waals surface area contributed by atoms with Crippen LogP contribution in [0.3, 0.4) is 0 Å². The highest BCUT2D eigenvalue weighted by Gasteiger charge is 2.23. The lowest BCUT2D eigenvalue weighted by atomic mass is 10.3. The Morgan fingerprint density at radius 2 is 2.22 bits per heavy atom. The number of hydrogen-bond donors (Lipinski definition) is 1. The van der Waals surface area contributed by atoms with Gasteiger partial charge in [-0.1, -0.05) is 19.8 Å². The monoisotopic (exact) mass is 286 g/mol. The molecular formula is C12H18N2O2S2. The summed E-state index contributed by atoms with van der Waals surface area (Å²) in [4.78, 5) is 0. The highest BCUT2D eigenvalue weighted by molar-refractivity contribution is 7.91. The molecule has 1 heterocycles. The first-order valence-corrected chi connectivity index (χ1v) is 8.10. The number of sulfonamides is 1. The third kappa shape index (κ3) is 3.56. The van der Waals surface area contributed by atoms with Gasteiger partial charge in [-0.25, -0.2) is 8.42 Å². The number of hydrogen-bond acceptors (Lipinski definition) is 4. The van der Waals surface area contributed by atoms with Gasteiger partial charge < -0.3 is 5.32 Å². The van der Waals surface area contributed by atoms with Crippen molar-refractivity contribution in [2.45, 2.75) is 24.6 Å². The molecule has 6 heteroatoms. The number of rotatable bonds is 7. The molecule has 0 aliphatic carbocycles. The molecule has 0 atom stereocenters. The SMILES string of the molecule is C#CCN(CC)S(=O)(=O)c1cc(CNCC)cs1. The molecule has 0 radical (unpaired) electrons. The zero-order chi connectivity index (χ0) is 13.6. The van der Waals surface area contributed by atoms with Gasteiger partial charge in [0.1, 0.15) is 4.21 Å². The molecule has 0 aliphatic heterocycles. The summed E-state index contributed by atoms with van der Waals surface area (Å²) in [7, 11) is -3.44. The third-order valence-corrected chi connectivity index (χ3v) is 5.81. The molecule has 1 N–H and O–H groups in total. The second-order valence-electron chi connectivity index (χ2n) is 3.69. The van der Waals surface area contributed by atoms with Crippen LogP contribution < -0.4 is 5.32 Å². The van der Waals surface area contributed by atoms with Crippen molar-refractivity contribution in [2.24, 2.45) is 0 Å². The van der Waals surface area contributed by atoms with Gasteiger partial charge in [-0.3, -0.25) is 0 Å². The summed E-state index contributed by atoms with van der Waals surface area (Å²) in [6.07, 6.45) is 5.19. The fourth-order valence-electron chi connectivity index (χ4n) is 1.45. The van der Waals surface area contributed by atoms with Crippen molar-refractivity contribution in [3.8, 4) is 12.3 Å². The van der Waals surface area contributed by atoms with Gasteiger partial charge in [0, 0.05) is 13.1 Å². The summed E-state index contributed by atoms with van der Waals surface area (Å²) in [6, 6.07) is 1.71. The fraction of sp³-hybridized carbons (Fsp3) is 0.500. The lowest BCUT2D eigenvalue weighted by molar-refractivity contribution is 0.466. The minimum atomic E-state index is -3.44. The molecule has 0 fully saturated rings. The first-order chi connectivity index (χ1) is 8.56. The average molecular weight is 286 g/mol. The summed E-state index contributed by atoms with van der Waals surface area (Å²) in [5, 5.41) is 5.02. The van der Waals surface area contributed by atoms with Crippen LogP contribution in [0, 0.1) is 12.3 Å². The van der Waals surface area contributed by atoms with Gasteiger partial charge in [-0.05, 0) is 23.6 Å². The van der Waals surface area contributed by atoms with Crippen LogP contribution in [0.25, 0.3) is 0 Å². The van der Waals surface area contributed by atoms with E-state index in [9.17, 15) is 8.42 Å². The Balaban J connectivity index is 2.91. The Bertz CT molecular complexity index is 514. The Hall–Kier alpha value is -0.870. The van der Waals surface area contributed by atoms with Crippen molar-refractivity contribution < 1.29 is 8.42 Å². The summed E-state index contributed by atoms with van der Waals surface area (Å²) in [5.74, 6) is 2.37. The van der Waals surface area contributed by atoms with Crippen molar-refractivity contribution in [3.05, 3.63) is 17.0 Å². The zero-order valence-electron chi connectivity index (χ0n) is 10.6. The van der Waals surface area contributed by atoms with E-state index in [0.717, 1.165) is 12.1 Å². The van der Waals surface area contributed by atoms with E-state index >= 15 is 0 Å². The summed E-state index contributed by atoms with van der Waals surface area (Å²) in [5.41, 5.74) is 0.984. The predicted molar refractivity (Wildman–Crippen MR) is 75.0 cm³/mol. The van der Waals surface area contributed by atoms with Crippen LogP contribution in [-0.4, -0.2) is 32.4 Å². The molecule has 4 nitrogen and oxygen atoms in total. The minimum absolute atomic E-state index is 0.110. The lowest BCUT2D eigenvalue weighted by Crippen LogP contribution is -2.30. The molecule has 100 valence electrons. The van der Waals surface area contributed by atoms with Gasteiger partial charge in [0.15, 0.2) is 0 Å². The maximum Gasteiger partial charge on any atom is 0.253 e. The first kappa shape index (κ1) is 15.2. The topological polar surface area (TPSA) is 49.4 Å². The molecule has 18 heavy (non-hydrogen) atoms. The van der Waals surface area contributed by atoms with E-state index in [4.69, 9.17) is 6.42 Å². The summed E-state index contributed by atoms with van der Waals surface area (Å²) < 4.78 is 26.2. The maximum absolute atomic E-state index is 12.3. The molecule has 1 aromatic heterocycles. The second-order valence-corrected chi connectivity index (χ2v) is 6.77. The molecule has 1 aromatic rings. The summed E-state index contributed by atoms with van der Waals surface area (Å²) >= 11 is 1.24. The van der Waals surface area contributed by atoms with Gasteiger partial charge in [-0.2, -0.15) is 4.31 Å². The van der Waals surface area contributed by atoms with Crippen LogP contribution >= 0.6 is 11.3 Å². The van der Waals surface area contributed by atoms with Crippen molar-refractivity contribution in [1.82, 2.24) is 9.62 Å². The van der Waals surface area contributed by atoms with Gasteiger partial charge >= 0.3 is 0 Å². The van der Waals surface area contributed by atoms with E-state index in [1.165, 1.54) is 15.6 Å². The Kier molecular flexibility index (Phi) is 5.82. The fourth-order valence-corrected chi connectivity index (χ4v) is 4.17. The molecule has 0 unspecified atom stereocenters. The van der Waals surface area contributed by atoms with Crippen LogP contribution in [0.2, 0.25) is 0 Å². The van der Waals surface area contributed by atoms with Crippen molar-refractivity contribution >= 4 is 21.4 Å².